The SMILES string of the molecule is CNCC1CC1CN. The summed E-state index contributed by atoms with van der Waals surface area (Å²) >= 11 is 0. The fourth-order valence-corrected chi connectivity index (χ4v) is 1.11. The average molecular weight is 114 g/mol. The lowest BCUT2D eigenvalue weighted by molar-refractivity contribution is 0.651. The van der Waals surface area contributed by atoms with Crippen LogP contribution in [0.5, 0.6) is 0 Å². The maximum atomic E-state index is 5.43. The summed E-state index contributed by atoms with van der Waals surface area (Å²) in [7, 11) is 1.99. The van der Waals surface area contributed by atoms with Crippen molar-refractivity contribution in [3.05, 3.63) is 0 Å². The minimum absolute atomic E-state index is 0.836. The Balaban J connectivity index is 1.99. The number of nitrogens with two attached hydrogens (primary N) is 1. The predicted octanol–water partition coefficient (Wildman–Crippen LogP) is -0.199. The van der Waals surface area contributed by atoms with E-state index >= 15 is 0 Å². The van der Waals surface area contributed by atoms with Crippen LogP contribution < -0.4 is 11.1 Å². The molecule has 2 unspecified atom stereocenters. The van der Waals surface area contributed by atoms with Gasteiger partial charge >= 0.3 is 0 Å². The van der Waals surface area contributed by atoms with Crippen molar-refractivity contribution in [2.24, 2.45) is 17.6 Å². The number of nitrogens with one attached hydrogen (secondary N) is 1. The molecule has 2 nitrogen and oxygen atoms in total. The highest BCUT2D eigenvalue weighted by atomic mass is 14.8. The molecule has 1 rings (SSSR count). The molecular formula is C6H14N2. The zero-order chi connectivity index (χ0) is 5.98. The van der Waals surface area contributed by atoms with Gasteiger partial charge in [-0.25, -0.2) is 0 Å². The molecular weight excluding hydrogens is 100 g/mol. The fourth-order valence-electron chi connectivity index (χ4n) is 1.11. The van der Waals surface area contributed by atoms with Gasteiger partial charge in [-0.3, -0.25) is 0 Å². The zero-order valence-corrected chi connectivity index (χ0v) is 5.35. The first-order valence-corrected chi connectivity index (χ1v) is 3.23. The van der Waals surface area contributed by atoms with Gasteiger partial charge in [-0.2, -0.15) is 0 Å². The normalized spacial score (nSPS) is 35.2. The molecule has 1 saturated carbocycles. The van der Waals surface area contributed by atoms with Crippen LogP contribution in [0.1, 0.15) is 6.42 Å². The van der Waals surface area contributed by atoms with Crippen molar-refractivity contribution in [1.29, 1.82) is 0 Å². The lowest BCUT2D eigenvalue weighted by atomic mass is 10.3. The molecule has 0 bridgehead atoms. The number of rotatable bonds is 3. The quantitative estimate of drug-likeness (QED) is 0.533. The smallest absolute Gasteiger partial charge is 0.00203 e. The molecule has 1 aliphatic carbocycles. The van der Waals surface area contributed by atoms with E-state index in [-0.39, 0.29) is 0 Å². The predicted molar refractivity (Wildman–Crippen MR) is 34.6 cm³/mol. The van der Waals surface area contributed by atoms with Crippen LogP contribution in [0.3, 0.4) is 0 Å². The maximum Gasteiger partial charge on any atom is -0.00203 e. The Morgan fingerprint density at radius 3 is 2.75 bits per heavy atom. The summed E-state index contributed by atoms with van der Waals surface area (Å²) in [6.45, 7) is 2.04. The van der Waals surface area contributed by atoms with Gasteiger partial charge in [0.25, 0.3) is 0 Å². The molecule has 0 spiro atoms. The Hall–Kier alpha value is -0.0800. The highest BCUT2D eigenvalue weighted by Gasteiger charge is 2.34. The Labute approximate surface area is 50.4 Å². The van der Waals surface area contributed by atoms with Crippen molar-refractivity contribution in [2.45, 2.75) is 6.42 Å². The van der Waals surface area contributed by atoms with Crippen LogP contribution in [0.4, 0.5) is 0 Å². The third kappa shape index (κ3) is 1.20. The molecule has 0 radical (unpaired) electrons. The van der Waals surface area contributed by atoms with E-state index in [0.29, 0.717) is 0 Å². The zero-order valence-electron chi connectivity index (χ0n) is 5.35. The summed E-state index contributed by atoms with van der Waals surface area (Å²) < 4.78 is 0. The molecule has 2 heteroatoms. The Bertz CT molecular complexity index is 72.9. The molecule has 0 aromatic carbocycles. The minimum atomic E-state index is 0.836. The van der Waals surface area contributed by atoms with Crippen molar-refractivity contribution in [2.75, 3.05) is 20.1 Å². The minimum Gasteiger partial charge on any atom is -0.330 e. The standard InChI is InChI=1S/C6H14N2/c1-8-4-6-2-5(6)3-7/h5-6,8H,2-4,7H2,1H3. The highest BCUT2D eigenvalue weighted by Crippen LogP contribution is 2.36. The van der Waals surface area contributed by atoms with Crippen molar-refractivity contribution < 1.29 is 0 Å². The molecule has 1 fully saturated rings. The van der Waals surface area contributed by atoms with Gasteiger partial charge in [0.2, 0.25) is 0 Å². The summed E-state index contributed by atoms with van der Waals surface area (Å²) in [4.78, 5) is 0. The molecule has 0 saturated heterocycles. The number of hydrogen-bond donors (Lipinski definition) is 2. The molecule has 0 amide bonds. The largest absolute Gasteiger partial charge is 0.330 e. The molecule has 0 heterocycles. The molecule has 8 heavy (non-hydrogen) atoms. The van der Waals surface area contributed by atoms with E-state index in [1.54, 1.807) is 0 Å². The van der Waals surface area contributed by atoms with Crippen molar-refractivity contribution in [3.8, 4) is 0 Å². The molecule has 2 atom stereocenters. The second kappa shape index (κ2) is 2.46. The van der Waals surface area contributed by atoms with E-state index in [4.69, 9.17) is 5.73 Å². The van der Waals surface area contributed by atoms with E-state index in [2.05, 4.69) is 5.32 Å². The summed E-state index contributed by atoms with van der Waals surface area (Å²) in [6.07, 6.45) is 1.34. The van der Waals surface area contributed by atoms with Crippen LogP contribution in [0, 0.1) is 11.8 Å². The maximum absolute atomic E-state index is 5.43. The monoisotopic (exact) mass is 114 g/mol. The average Bonchev–Trinajstić information content (AvgIpc) is 2.48. The lowest BCUT2D eigenvalue weighted by Crippen LogP contribution is -2.12. The third-order valence-electron chi connectivity index (χ3n) is 1.84. The summed E-state index contributed by atoms with van der Waals surface area (Å²) in [5, 5.41) is 3.14. The van der Waals surface area contributed by atoms with Crippen LogP contribution in [-0.2, 0) is 0 Å². The van der Waals surface area contributed by atoms with Crippen LogP contribution >= 0.6 is 0 Å². The second-order valence-electron chi connectivity index (χ2n) is 2.55. The van der Waals surface area contributed by atoms with Gasteiger partial charge in [0.15, 0.2) is 0 Å². The topological polar surface area (TPSA) is 38.0 Å². The van der Waals surface area contributed by atoms with E-state index < -0.39 is 0 Å². The molecule has 1 aliphatic rings. The van der Waals surface area contributed by atoms with Gasteiger partial charge in [0, 0.05) is 0 Å². The van der Waals surface area contributed by atoms with Crippen molar-refractivity contribution in [1.82, 2.24) is 5.32 Å². The van der Waals surface area contributed by atoms with Crippen LogP contribution in [-0.4, -0.2) is 20.1 Å². The van der Waals surface area contributed by atoms with E-state index in [1.165, 1.54) is 6.42 Å². The van der Waals surface area contributed by atoms with E-state index in [1.807, 2.05) is 7.05 Å². The Kier molecular flexibility index (Phi) is 1.86. The molecule has 3 N–H and O–H groups in total. The second-order valence-corrected chi connectivity index (χ2v) is 2.55. The van der Waals surface area contributed by atoms with Gasteiger partial charge in [0.05, 0.1) is 0 Å². The first kappa shape index (κ1) is 6.05. The van der Waals surface area contributed by atoms with Gasteiger partial charge in [-0.1, -0.05) is 0 Å². The van der Waals surface area contributed by atoms with Gasteiger partial charge < -0.3 is 11.1 Å². The lowest BCUT2D eigenvalue weighted by Gasteiger charge is -1.92. The van der Waals surface area contributed by atoms with Crippen LogP contribution in [0.15, 0.2) is 0 Å². The summed E-state index contributed by atoms with van der Waals surface area (Å²) in [5.74, 6) is 1.73. The van der Waals surface area contributed by atoms with E-state index in [0.717, 1.165) is 24.9 Å². The number of hydrogen-bond acceptors (Lipinski definition) is 2. The molecule has 48 valence electrons. The third-order valence-corrected chi connectivity index (χ3v) is 1.84. The highest BCUT2D eigenvalue weighted by molar-refractivity contribution is 4.87. The van der Waals surface area contributed by atoms with Gasteiger partial charge in [-0.15, -0.1) is 0 Å². The first-order chi connectivity index (χ1) is 3.88. The fraction of sp³-hybridized carbons (Fsp3) is 1.00. The Morgan fingerprint density at radius 2 is 2.38 bits per heavy atom. The van der Waals surface area contributed by atoms with Gasteiger partial charge in [0.1, 0.15) is 0 Å². The summed E-state index contributed by atoms with van der Waals surface area (Å²) in [5.41, 5.74) is 5.43. The molecule has 0 aliphatic heterocycles. The molecule has 0 aromatic rings. The molecule has 0 aromatic heterocycles. The van der Waals surface area contributed by atoms with Crippen LogP contribution in [0.2, 0.25) is 0 Å². The van der Waals surface area contributed by atoms with Gasteiger partial charge in [-0.05, 0) is 38.4 Å². The first-order valence-electron chi connectivity index (χ1n) is 3.23. The summed E-state index contributed by atoms with van der Waals surface area (Å²) in [6, 6.07) is 0. The van der Waals surface area contributed by atoms with Crippen molar-refractivity contribution in [3.63, 3.8) is 0 Å². The van der Waals surface area contributed by atoms with E-state index in [9.17, 15) is 0 Å². The van der Waals surface area contributed by atoms with Crippen LogP contribution in [0.25, 0.3) is 0 Å². The van der Waals surface area contributed by atoms with Crippen molar-refractivity contribution >= 4 is 0 Å². The Morgan fingerprint density at radius 1 is 1.62 bits per heavy atom.